The van der Waals surface area contributed by atoms with Gasteiger partial charge in [-0.15, -0.1) is 0 Å². The Labute approximate surface area is 178 Å². The van der Waals surface area contributed by atoms with Crippen molar-refractivity contribution >= 4 is 22.7 Å². The Hall–Kier alpha value is -2.73. The Morgan fingerprint density at radius 2 is 1.73 bits per heavy atom. The molecule has 2 aromatic heterocycles. The zero-order valence-electron chi connectivity index (χ0n) is 17.5. The van der Waals surface area contributed by atoms with Gasteiger partial charge in [0.25, 0.3) is 0 Å². The second-order valence-corrected chi connectivity index (χ2v) is 8.48. The molecule has 4 heterocycles. The summed E-state index contributed by atoms with van der Waals surface area (Å²) >= 11 is 0. The van der Waals surface area contributed by atoms with Crippen molar-refractivity contribution in [1.29, 1.82) is 0 Å². The van der Waals surface area contributed by atoms with Gasteiger partial charge in [-0.2, -0.15) is 4.98 Å². The van der Waals surface area contributed by atoms with Crippen LogP contribution in [0.4, 0.5) is 11.8 Å². The van der Waals surface area contributed by atoms with E-state index in [0.717, 1.165) is 67.5 Å². The monoisotopic (exact) mass is 402 g/mol. The molecule has 6 nitrogen and oxygen atoms in total. The van der Waals surface area contributed by atoms with Crippen molar-refractivity contribution in [3.8, 4) is 0 Å². The Kier molecular flexibility index (Phi) is 5.75. The third-order valence-corrected chi connectivity index (χ3v) is 6.21. The molecule has 1 atom stereocenters. The minimum absolute atomic E-state index is 0.367. The molecule has 0 bridgehead atoms. The first kappa shape index (κ1) is 19.2. The lowest BCUT2D eigenvalue weighted by Gasteiger charge is -2.24. The van der Waals surface area contributed by atoms with Crippen LogP contribution in [0.3, 0.4) is 0 Å². The highest BCUT2D eigenvalue weighted by molar-refractivity contribution is 5.90. The van der Waals surface area contributed by atoms with Crippen molar-refractivity contribution in [2.75, 3.05) is 36.4 Å². The lowest BCUT2D eigenvalue weighted by atomic mass is 10.2. The summed E-state index contributed by atoms with van der Waals surface area (Å²) in [5.41, 5.74) is 2.15. The Balaban J connectivity index is 1.33. The summed E-state index contributed by atoms with van der Waals surface area (Å²) in [7, 11) is 0. The summed E-state index contributed by atoms with van der Waals surface area (Å²) in [6, 6.07) is 14.9. The molecule has 5 rings (SSSR count). The van der Waals surface area contributed by atoms with Crippen molar-refractivity contribution in [3.63, 3.8) is 0 Å². The highest BCUT2D eigenvalue weighted by Crippen LogP contribution is 2.28. The minimum Gasteiger partial charge on any atom is -0.356 e. The molecule has 6 heteroatoms. The third-order valence-electron chi connectivity index (χ3n) is 6.21. The zero-order chi connectivity index (χ0) is 20.2. The molecule has 2 saturated heterocycles. The Morgan fingerprint density at radius 1 is 0.900 bits per heavy atom. The average Bonchev–Trinajstić information content (AvgIpc) is 3.04. The highest BCUT2D eigenvalue weighted by atomic mass is 15.3. The van der Waals surface area contributed by atoms with Gasteiger partial charge in [-0.3, -0.25) is 9.88 Å². The average molecular weight is 403 g/mol. The largest absolute Gasteiger partial charge is 0.356 e. The van der Waals surface area contributed by atoms with Gasteiger partial charge in [0.1, 0.15) is 5.82 Å². The molecular weight excluding hydrogens is 372 g/mol. The molecule has 2 fully saturated rings. The van der Waals surface area contributed by atoms with Crippen LogP contribution in [-0.2, 0) is 6.54 Å². The number of para-hydroxylation sites is 1. The van der Waals surface area contributed by atoms with Gasteiger partial charge in [0, 0.05) is 50.3 Å². The molecule has 0 aliphatic carbocycles. The van der Waals surface area contributed by atoms with Gasteiger partial charge in [-0.1, -0.05) is 31.0 Å². The fourth-order valence-corrected chi connectivity index (χ4v) is 4.65. The molecule has 0 amide bonds. The summed E-state index contributed by atoms with van der Waals surface area (Å²) in [6.07, 6.45) is 8.09. The number of rotatable bonds is 5. The summed E-state index contributed by atoms with van der Waals surface area (Å²) < 4.78 is 0. The normalized spacial score (nSPS) is 20.4. The first-order valence-corrected chi connectivity index (χ1v) is 11.3. The zero-order valence-corrected chi connectivity index (χ0v) is 17.5. The van der Waals surface area contributed by atoms with Crippen LogP contribution < -0.4 is 10.2 Å². The van der Waals surface area contributed by atoms with Crippen LogP contribution in [0.1, 0.15) is 37.8 Å². The second-order valence-electron chi connectivity index (χ2n) is 8.48. The molecule has 1 aromatic carbocycles. The fraction of sp³-hybridized carbons (Fsp3) is 0.458. The van der Waals surface area contributed by atoms with Gasteiger partial charge in [-0.05, 0) is 43.5 Å². The van der Waals surface area contributed by atoms with Gasteiger partial charge >= 0.3 is 0 Å². The topological polar surface area (TPSA) is 57.2 Å². The molecule has 156 valence electrons. The molecule has 0 spiro atoms. The van der Waals surface area contributed by atoms with Gasteiger partial charge in [0.2, 0.25) is 5.95 Å². The molecular formula is C24H30N6. The number of nitrogens with one attached hydrogen (secondary N) is 1. The van der Waals surface area contributed by atoms with Crippen molar-refractivity contribution in [2.24, 2.45) is 0 Å². The molecule has 0 radical (unpaired) electrons. The number of likely N-dealkylation sites (tertiary alicyclic amines) is 1. The number of pyridine rings is 1. The maximum atomic E-state index is 5.01. The van der Waals surface area contributed by atoms with E-state index in [9.17, 15) is 0 Å². The van der Waals surface area contributed by atoms with E-state index in [-0.39, 0.29) is 0 Å². The van der Waals surface area contributed by atoms with Gasteiger partial charge in [0.15, 0.2) is 0 Å². The summed E-state index contributed by atoms with van der Waals surface area (Å²) in [4.78, 5) is 19.2. The smallest absolute Gasteiger partial charge is 0.225 e. The number of hydrogen-bond acceptors (Lipinski definition) is 6. The molecule has 2 aliphatic heterocycles. The fourth-order valence-electron chi connectivity index (χ4n) is 4.65. The maximum Gasteiger partial charge on any atom is 0.225 e. The number of fused-ring (bicyclic) bond motifs is 1. The van der Waals surface area contributed by atoms with Crippen LogP contribution in [0.5, 0.6) is 0 Å². The summed E-state index contributed by atoms with van der Waals surface area (Å²) in [6.45, 7) is 5.13. The van der Waals surface area contributed by atoms with Gasteiger partial charge in [-0.25, -0.2) is 4.98 Å². The Bertz CT molecular complexity index is 968. The van der Waals surface area contributed by atoms with Crippen LogP contribution in [0.25, 0.3) is 10.9 Å². The van der Waals surface area contributed by atoms with Gasteiger partial charge < -0.3 is 10.2 Å². The van der Waals surface area contributed by atoms with E-state index in [1.54, 1.807) is 0 Å². The van der Waals surface area contributed by atoms with E-state index in [1.165, 1.54) is 25.7 Å². The summed E-state index contributed by atoms with van der Waals surface area (Å²) in [5, 5.41) is 4.79. The lowest BCUT2D eigenvalue weighted by Crippen LogP contribution is -2.28. The van der Waals surface area contributed by atoms with E-state index in [4.69, 9.17) is 9.97 Å². The maximum absolute atomic E-state index is 5.01. The van der Waals surface area contributed by atoms with Crippen LogP contribution in [-0.4, -0.2) is 52.1 Å². The first-order valence-electron chi connectivity index (χ1n) is 11.3. The number of nitrogens with zero attached hydrogens (tertiary/aromatic N) is 5. The number of hydrogen-bond donors (Lipinski definition) is 1. The standard InChI is InChI=1S/C24H30N6/c1-2-8-15-30(14-7-1)23-21-10-3-4-11-22(21)27-24(28-23)26-20-12-16-29(18-20)17-19-9-5-6-13-25-19/h3-6,9-11,13,20H,1-2,7-8,12,14-18H2,(H,26,27,28)/t20-/m1/s1. The minimum atomic E-state index is 0.367. The van der Waals surface area contributed by atoms with E-state index < -0.39 is 0 Å². The lowest BCUT2D eigenvalue weighted by molar-refractivity contribution is 0.324. The predicted molar refractivity (Wildman–Crippen MR) is 122 cm³/mol. The predicted octanol–water partition coefficient (Wildman–Crippen LogP) is 4.09. The highest BCUT2D eigenvalue weighted by Gasteiger charge is 2.24. The number of aromatic nitrogens is 3. The quantitative estimate of drug-likeness (QED) is 0.694. The van der Waals surface area contributed by atoms with Crippen molar-refractivity contribution in [2.45, 2.75) is 44.7 Å². The molecule has 2 aliphatic rings. The van der Waals surface area contributed by atoms with E-state index in [2.05, 4.69) is 56.5 Å². The van der Waals surface area contributed by atoms with Crippen molar-refractivity contribution in [3.05, 3.63) is 54.4 Å². The van der Waals surface area contributed by atoms with Crippen LogP contribution >= 0.6 is 0 Å². The number of benzene rings is 1. The number of anilines is 2. The second kappa shape index (κ2) is 8.96. The Morgan fingerprint density at radius 3 is 2.57 bits per heavy atom. The molecule has 0 saturated carbocycles. The van der Waals surface area contributed by atoms with Crippen LogP contribution in [0.15, 0.2) is 48.7 Å². The van der Waals surface area contributed by atoms with Crippen molar-refractivity contribution < 1.29 is 0 Å². The van der Waals surface area contributed by atoms with Gasteiger partial charge in [0.05, 0.1) is 11.2 Å². The van der Waals surface area contributed by atoms with Crippen LogP contribution in [0, 0.1) is 0 Å². The molecule has 3 aromatic rings. The SMILES string of the molecule is c1ccc(CN2CC[C@@H](Nc3nc(N4CCCCCC4)c4ccccc4n3)C2)nc1. The van der Waals surface area contributed by atoms with E-state index in [1.807, 2.05) is 12.3 Å². The third kappa shape index (κ3) is 4.38. The molecule has 0 unspecified atom stereocenters. The molecule has 1 N–H and O–H groups in total. The first-order chi connectivity index (χ1) is 14.8. The van der Waals surface area contributed by atoms with Crippen molar-refractivity contribution in [1.82, 2.24) is 19.9 Å². The van der Waals surface area contributed by atoms with Crippen LogP contribution in [0.2, 0.25) is 0 Å². The van der Waals surface area contributed by atoms with E-state index >= 15 is 0 Å². The molecule has 30 heavy (non-hydrogen) atoms. The van der Waals surface area contributed by atoms with E-state index in [0.29, 0.717) is 6.04 Å². The summed E-state index contributed by atoms with van der Waals surface area (Å²) in [5.74, 6) is 1.85.